The quantitative estimate of drug-likeness (QED) is 0.940. The Balaban J connectivity index is 2.67. The van der Waals surface area contributed by atoms with Gasteiger partial charge in [-0.05, 0) is 54.4 Å². The van der Waals surface area contributed by atoms with Crippen molar-refractivity contribution in [3.05, 3.63) is 28.4 Å². The van der Waals surface area contributed by atoms with Crippen LogP contribution in [0.1, 0.15) is 25.5 Å². The zero-order valence-electron chi connectivity index (χ0n) is 9.57. The normalized spacial score (nSPS) is 11.6. The van der Waals surface area contributed by atoms with Crippen molar-refractivity contribution >= 4 is 26.8 Å². The van der Waals surface area contributed by atoms with Crippen LogP contribution >= 0.6 is 15.9 Å². The third-order valence-electron chi connectivity index (χ3n) is 2.65. The van der Waals surface area contributed by atoms with E-state index in [2.05, 4.69) is 40.9 Å². The number of hydrogen-bond acceptors (Lipinski definition) is 2. The minimum atomic E-state index is 0.354. The summed E-state index contributed by atoms with van der Waals surface area (Å²) in [6, 6.07) is 6.55. The molecule has 16 heavy (non-hydrogen) atoms. The number of rotatable bonds is 3. The van der Waals surface area contributed by atoms with E-state index in [0.29, 0.717) is 12.6 Å². The molecule has 0 atom stereocenters. The lowest BCUT2D eigenvalue weighted by atomic mass is 10.1. The third kappa shape index (κ3) is 1.87. The Labute approximate surface area is 104 Å². The largest absolute Gasteiger partial charge is 0.330 e. The number of benzene rings is 1. The average molecular weight is 282 g/mol. The molecule has 86 valence electrons. The molecule has 4 heteroatoms. The van der Waals surface area contributed by atoms with E-state index < -0.39 is 0 Å². The Kier molecular flexibility index (Phi) is 3.30. The molecule has 1 aromatic carbocycles. The van der Waals surface area contributed by atoms with Crippen LogP contribution in [-0.2, 0) is 6.42 Å². The molecule has 0 unspecified atom stereocenters. The van der Waals surface area contributed by atoms with Crippen molar-refractivity contribution in [1.82, 2.24) is 9.78 Å². The SMILES string of the molecule is CC(C)n1nc2cccc(CCN)c2c1Br. The zero-order valence-corrected chi connectivity index (χ0v) is 11.2. The van der Waals surface area contributed by atoms with Crippen molar-refractivity contribution in [3.8, 4) is 0 Å². The van der Waals surface area contributed by atoms with Crippen LogP contribution in [-0.4, -0.2) is 16.3 Å². The van der Waals surface area contributed by atoms with Gasteiger partial charge in [0.2, 0.25) is 0 Å². The van der Waals surface area contributed by atoms with E-state index in [4.69, 9.17) is 5.73 Å². The predicted octanol–water partition coefficient (Wildman–Crippen LogP) is 2.88. The molecule has 0 aliphatic heterocycles. The number of nitrogens with zero attached hydrogens (tertiary/aromatic N) is 2. The van der Waals surface area contributed by atoms with Crippen LogP contribution in [0.5, 0.6) is 0 Å². The Bertz CT molecular complexity index is 502. The van der Waals surface area contributed by atoms with E-state index in [9.17, 15) is 0 Å². The summed E-state index contributed by atoms with van der Waals surface area (Å²) in [4.78, 5) is 0. The molecule has 0 saturated heterocycles. The van der Waals surface area contributed by atoms with Gasteiger partial charge in [-0.2, -0.15) is 5.10 Å². The summed E-state index contributed by atoms with van der Waals surface area (Å²) in [6.45, 7) is 4.91. The third-order valence-corrected chi connectivity index (χ3v) is 3.41. The van der Waals surface area contributed by atoms with Gasteiger partial charge < -0.3 is 5.73 Å². The Morgan fingerprint density at radius 2 is 2.19 bits per heavy atom. The highest BCUT2D eigenvalue weighted by molar-refractivity contribution is 9.10. The van der Waals surface area contributed by atoms with Crippen LogP contribution in [0.2, 0.25) is 0 Å². The maximum absolute atomic E-state index is 5.63. The van der Waals surface area contributed by atoms with Gasteiger partial charge in [0, 0.05) is 11.4 Å². The molecule has 0 bridgehead atoms. The molecule has 3 nitrogen and oxygen atoms in total. The molecule has 0 saturated carbocycles. The lowest BCUT2D eigenvalue weighted by Crippen LogP contribution is -2.03. The van der Waals surface area contributed by atoms with Crippen molar-refractivity contribution in [3.63, 3.8) is 0 Å². The van der Waals surface area contributed by atoms with Gasteiger partial charge in [0.15, 0.2) is 0 Å². The summed E-state index contributed by atoms with van der Waals surface area (Å²) >= 11 is 3.63. The van der Waals surface area contributed by atoms with Crippen LogP contribution in [0.4, 0.5) is 0 Å². The first kappa shape index (κ1) is 11.6. The zero-order chi connectivity index (χ0) is 11.7. The fourth-order valence-corrected chi connectivity index (χ4v) is 2.84. The number of halogens is 1. The summed E-state index contributed by atoms with van der Waals surface area (Å²) in [6.07, 6.45) is 0.889. The highest BCUT2D eigenvalue weighted by Gasteiger charge is 2.13. The van der Waals surface area contributed by atoms with Gasteiger partial charge in [-0.1, -0.05) is 12.1 Å². The lowest BCUT2D eigenvalue weighted by molar-refractivity contribution is 0.527. The monoisotopic (exact) mass is 281 g/mol. The predicted molar refractivity (Wildman–Crippen MR) is 70.6 cm³/mol. The van der Waals surface area contributed by atoms with Crippen molar-refractivity contribution in [2.75, 3.05) is 6.54 Å². The highest BCUT2D eigenvalue weighted by atomic mass is 79.9. The summed E-state index contributed by atoms with van der Waals surface area (Å²) in [5, 5.41) is 5.78. The second-order valence-electron chi connectivity index (χ2n) is 4.18. The fourth-order valence-electron chi connectivity index (χ4n) is 1.89. The van der Waals surface area contributed by atoms with E-state index in [-0.39, 0.29) is 0 Å². The molecule has 0 aliphatic carbocycles. The second-order valence-corrected chi connectivity index (χ2v) is 4.93. The van der Waals surface area contributed by atoms with Crippen LogP contribution in [0.15, 0.2) is 22.8 Å². The number of nitrogens with two attached hydrogens (primary N) is 1. The Morgan fingerprint density at radius 3 is 2.81 bits per heavy atom. The van der Waals surface area contributed by atoms with Crippen molar-refractivity contribution in [2.24, 2.45) is 5.73 Å². The molecule has 0 fully saturated rings. The standard InChI is InChI=1S/C12H16BrN3/c1-8(2)16-12(13)11-9(6-7-14)4-3-5-10(11)15-16/h3-5,8H,6-7,14H2,1-2H3. The topological polar surface area (TPSA) is 43.8 Å². The molecule has 2 aromatic rings. The number of hydrogen-bond donors (Lipinski definition) is 1. The molecule has 2 N–H and O–H groups in total. The average Bonchev–Trinajstić information content (AvgIpc) is 2.58. The van der Waals surface area contributed by atoms with E-state index >= 15 is 0 Å². The minimum Gasteiger partial charge on any atom is -0.330 e. The van der Waals surface area contributed by atoms with Gasteiger partial charge in [-0.3, -0.25) is 4.68 Å². The van der Waals surface area contributed by atoms with Crippen LogP contribution in [0.25, 0.3) is 10.9 Å². The van der Waals surface area contributed by atoms with Crippen molar-refractivity contribution < 1.29 is 0 Å². The lowest BCUT2D eigenvalue weighted by Gasteiger charge is -2.06. The van der Waals surface area contributed by atoms with Crippen molar-refractivity contribution in [1.29, 1.82) is 0 Å². The van der Waals surface area contributed by atoms with E-state index in [0.717, 1.165) is 16.5 Å². The van der Waals surface area contributed by atoms with E-state index in [1.807, 2.05) is 16.8 Å². The Morgan fingerprint density at radius 1 is 1.44 bits per heavy atom. The molecule has 2 rings (SSSR count). The van der Waals surface area contributed by atoms with Crippen LogP contribution < -0.4 is 5.73 Å². The smallest absolute Gasteiger partial charge is 0.112 e. The van der Waals surface area contributed by atoms with E-state index in [1.54, 1.807) is 0 Å². The highest BCUT2D eigenvalue weighted by Crippen LogP contribution is 2.29. The molecule has 0 radical (unpaired) electrons. The molecule has 0 aliphatic rings. The summed E-state index contributed by atoms with van der Waals surface area (Å²) in [5.74, 6) is 0. The molecule has 0 amide bonds. The maximum atomic E-state index is 5.63. The maximum Gasteiger partial charge on any atom is 0.112 e. The van der Waals surface area contributed by atoms with Gasteiger partial charge >= 0.3 is 0 Å². The molecular formula is C12H16BrN3. The molecule has 0 spiro atoms. The van der Waals surface area contributed by atoms with Gasteiger partial charge in [-0.15, -0.1) is 0 Å². The van der Waals surface area contributed by atoms with E-state index in [1.165, 1.54) is 10.9 Å². The van der Waals surface area contributed by atoms with Gasteiger partial charge in [0.1, 0.15) is 4.60 Å². The fraction of sp³-hybridized carbons (Fsp3) is 0.417. The summed E-state index contributed by atoms with van der Waals surface area (Å²) in [5.41, 5.74) is 7.92. The summed E-state index contributed by atoms with van der Waals surface area (Å²) in [7, 11) is 0. The first-order valence-corrected chi connectivity index (χ1v) is 6.30. The summed E-state index contributed by atoms with van der Waals surface area (Å²) < 4.78 is 3.06. The molecule has 1 heterocycles. The molecular weight excluding hydrogens is 266 g/mol. The van der Waals surface area contributed by atoms with Crippen LogP contribution in [0.3, 0.4) is 0 Å². The van der Waals surface area contributed by atoms with Crippen LogP contribution in [0, 0.1) is 0 Å². The first-order chi connectivity index (χ1) is 7.65. The number of aromatic nitrogens is 2. The molecule has 1 aromatic heterocycles. The van der Waals surface area contributed by atoms with Crippen molar-refractivity contribution in [2.45, 2.75) is 26.3 Å². The van der Waals surface area contributed by atoms with Gasteiger partial charge in [-0.25, -0.2) is 0 Å². The van der Waals surface area contributed by atoms with Gasteiger partial charge in [0.05, 0.1) is 5.52 Å². The first-order valence-electron chi connectivity index (χ1n) is 5.50. The second kappa shape index (κ2) is 4.55. The Hall–Kier alpha value is -0.870. The number of fused-ring (bicyclic) bond motifs is 1. The van der Waals surface area contributed by atoms with Gasteiger partial charge in [0.25, 0.3) is 0 Å². The minimum absolute atomic E-state index is 0.354.